The molecular formula is C14H27NO2. The highest BCUT2D eigenvalue weighted by molar-refractivity contribution is 5.75. The minimum Gasteiger partial charge on any atom is -0.465 e. The van der Waals surface area contributed by atoms with Crippen molar-refractivity contribution in [1.82, 2.24) is 4.90 Å². The lowest BCUT2D eigenvalue weighted by Crippen LogP contribution is -2.44. The highest BCUT2D eigenvalue weighted by Crippen LogP contribution is 2.25. The first-order valence-electron chi connectivity index (χ1n) is 6.95. The minimum absolute atomic E-state index is 0.0741. The average molecular weight is 241 g/mol. The van der Waals surface area contributed by atoms with Crippen LogP contribution in [0, 0.1) is 11.8 Å². The van der Waals surface area contributed by atoms with Gasteiger partial charge in [0.15, 0.2) is 0 Å². The molecule has 100 valence electrons. The third-order valence-electron chi connectivity index (χ3n) is 3.63. The van der Waals surface area contributed by atoms with Crippen molar-refractivity contribution in [3.63, 3.8) is 0 Å². The van der Waals surface area contributed by atoms with Gasteiger partial charge in [0.2, 0.25) is 0 Å². The van der Waals surface area contributed by atoms with Crippen molar-refractivity contribution in [2.24, 2.45) is 11.8 Å². The number of carbonyl (C=O) groups excluding carboxylic acids is 1. The Morgan fingerprint density at radius 3 is 2.35 bits per heavy atom. The topological polar surface area (TPSA) is 29.5 Å². The molecule has 0 aromatic carbocycles. The number of likely N-dealkylation sites (tertiary alicyclic amines) is 1. The Kier molecular flexibility index (Phi) is 5.96. The van der Waals surface area contributed by atoms with E-state index in [1.54, 1.807) is 0 Å². The molecule has 1 atom stereocenters. The van der Waals surface area contributed by atoms with E-state index < -0.39 is 0 Å². The Balaban J connectivity index is 2.33. The number of hydrogen-bond donors (Lipinski definition) is 0. The van der Waals surface area contributed by atoms with Gasteiger partial charge in [-0.15, -0.1) is 0 Å². The smallest absolute Gasteiger partial charge is 0.323 e. The van der Waals surface area contributed by atoms with Crippen molar-refractivity contribution >= 4 is 5.97 Å². The van der Waals surface area contributed by atoms with Crippen LogP contribution in [0.25, 0.3) is 0 Å². The average Bonchev–Trinajstić information content (AvgIpc) is 2.28. The monoisotopic (exact) mass is 241 g/mol. The van der Waals surface area contributed by atoms with E-state index in [1.165, 1.54) is 19.3 Å². The third kappa shape index (κ3) is 4.66. The Morgan fingerprint density at radius 1 is 1.29 bits per heavy atom. The number of carbonyl (C=O) groups is 1. The molecule has 17 heavy (non-hydrogen) atoms. The molecular weight excluding hydrogens is 214 g/mol. The Morgan fingerprint density at radius 2 is 1.88 bits per heavy atom. The van der Waals surface area contributed by atoms with Gasteiger partial charge in [-0.25, -0.2) is 0 Å². The summed E-state index contributed by atoms with van der Waals surface area (Å²) in [5, 5.41) is 0. The van der Waals surface area contributed by atoms with Gasteiger partial charge in [0.1, 0.15) is 6.04 Å². The van der Waals surface area contributed by atoms with E-state index in [2.05, 4.69) is 18.7 Å². The third-order valence-corrected chi connectivity index (χ3v) is 3.63. The summed E-state index contributed by atoms with van der Waals surface area (Å²) in [5.74, 6) is 1.56. The largest absolute Gasteiger partial charge is 0.465 e. The number of ether oxygens (including phenoxy) is 1. The summed E-state index contributed by atoms with van der Waals surface area (Å²) >= 11 is 0. The normalized spacial score (nSPS) is 20.5. The predicted octanol–water partition coefficient (Wildman–Crippen LogP) is 2.70. The highest BCUT2D eigenvalue weighted by Gasteiger charge is 2.27. The van der Waals surface area contributed by atoms with Gasteiger partial charge < -0.3 is 4.74 Å². The molecule has 1 fully saturated rings. The maximum Gasteiger partial charge on any atom is 0.323 e. The molecule has 1 aliphatic rings. The summed E-state index contributed by atoms with van der Waals surface area (Å²) < 4.78 is 5.07. The first-order chi connectivity index (χ1) is 8.04. The Labute approximate surface area is 106 Å². The van der Waals surface area contributed by atoms with Gasteiger partial charge in [0.25, 0.3) is 0 Å². The van der Waals surface area contributed by atoms with Gasteiger partial charge in [0.05, 0.1) is 6.61 Å². The van der Waals surface area contributed by atoms with Gasteiger partial charge in [-0.2, -0.15) is 0 Å². The lowest BCUT2D eigenvalue weighted by atomic mass is 9.88. The number of nitrogens with zero attached hydrogens (tertiary/aromatic N) is 1. The first kappa shape index (κ1) is 14.5. The summed E-state index contributed by atoms with van der Waals surface area (Å²) in [7, 11) is 0. The quantitative estimate of drug-likeness (QED) is 0.693. The van der Waals surface area contributed by atoms with Crippen molar-refractivity contribution < 1.29 is 9.53 Å². The van der Waals surface area contributed by atoms with Crippen LogP contribution < -0.4 is 0 Å². The molecule has 1 rings (SSSR count). The van der Waals surface area contributed by atoms with Gasteiger partial charge in [0, 0.05) is 0 Å². The number of hydrogen-bond acceptors (Lipinski definition) is 3. The fourth-order valence-corrected chi connectivity index (χ4v) is 2.65. The van der Waals surface area contributed by atoms with E-state index in [1.807, 2.05) is 13.8 Å². The van der Waals surface area contributed by atoms with Crippen LogP contribution in [0.2, 0.25) is 0 Å². The summed E-state index contributed by atoms with van der Waals surface area (Å²) in [6, 6.07) is -0.0741. The molecule has 0 aromatic heterocycles. The van der Waals surface area contributed by atoms with Crippen molar-refractivity contribution in [1.29, 1.82) is 0 Å². The van der Waals surface area contributed by atoms with Crippen molar-refractivity contribution in [3.8, 4) is 0 Å². The molecule has 0 aromatic rings. The van der Waals surface area contributed by atoms with E-state index in [0.717, 1.165) is 24.9 Å². The van der Waals surface area contributed by atoms with Gasteiger partial charge in [-0.05, 0) is 58.0 Å². The first-order valence-corrected chi connectivity index (χ1v) is 6.95. The summed E-state index contributed by atoms with van der Waals surface area (Å²) in [6.07, 6.45) is 3.77. The molecule has 3 heteroatoms. The molecule has 3 nitrogen and oxygen atoms in total. The molecule has 0 aliphatic carbocycles. The van der Waals surface area contributed by atoms with Gasteiger partial charge in [-0.1, -0.05) is 13.8 Å². The number of rotatable bonds is 5. The summed E-state index contributed by atoms with van der Waals surface area (Å²) in [6.45, 7) is 10.9. The second-order valence-corrected chi connectivity index (χ2v) is 5.54. The SMILES string of the molecule is CCOC(=O)C(C)N1CCC(CC(C)C)CC1. The minimum atomic E-state index is -0.0743. The summed E-state index contributed by atoms with van der Waals surface area (Å²) in [5.41, 5.74) is 0. The lowest BCUT2D eigenvalue weighted by Gasteiger charge is -2.35. The maximum atomic E-state index is 11.6. The van der Waals surface area contributed by atoms with E-state index >= 15 is 0 Å². The van der Waals surface area contributed by atoms with E-state index in [0.29, 0.717) is 6.61 Å². The van der Waals surface area contributed by atoms with Crippen LogP contribution in [0.1, 0.15) is 47.0 Å². The van der Waals surface area contributed by atoms with E-state index in [4.69, 9.17) is 4.74 Å². The molecule has 0 bridgehead atoms. The van der Waals surface area contributed by atoms with Crippen molar-refractivity contribution in [2.45, 2.75) is 53.0 Å². The summed E-state index contributed by atoms with van der Waals surface area (Å²) in [4.78, 5) is 13.9. The van der Waals surface area contributed by atoms with Crippen molar-refractivity contribution in [3.05, 3.63) is 0 Å². The molecule has 0 spiro atoms. The highest BCUT2D eigenvalue weighted by atomic mass is 16.5. The Bertz CT molecular complexity index is 232. The molecule has 0 saturated carbocycles. The van der Waals surface area contributed by atoms with Gasteiger partial charge in [-0.3, -0.25) is 9.69 Å². The zero-order valence-corrected chi connectivity index (χ0v) is 11.7. The standard InChI is InChI=1S/C14H27NO2/c1-5-17-14(16)12(4)15-8-6-13(7-9-15)10-11(2)3/h11-13H,5-10H2,1-4H3. The zero-order valence-electron chi connectivity index (χ0n) is 11.7. The lowest BCUT2D eigenvalue weighted by molar-refractivity contribution is -0.149. The zero-order chi connectivity index (χ0) is 12.8. The van der Waals surface area contributed by atoms with Crippen LogP contribution in [0.4, 0.5) is 0 Å². The van der Waals surface area contributed by atoms with Crippen LogP contribution in [0.3, 0.4) is 0 Å². The second-order valence-electron chi connectivity index (χ2n) is 5.54. The van der Waals surface area contributed by atoms with Crippen molar-refractivity contribution in [2.75, 3.05) is 19.7 Å². The number of esters is 1. The molecule has 1 heterocycles. The predicted molar refractivity (Wildman–Crippen MR) is 69.8 cm³/mol. The van der Waals surface area contributed by atoms with E-state index in [-0.39, 0.29) is 12.0 Å². The van der Waals surface area contributed by atoms with Crippen LogP contribution in [0.15, 0.2) is 0 Å². The van der Waals surface area contributed by atoms with E-state index in [9.17, 15) is 4.79 Å². The fourth-order valence-electron chi connectivity index (χ4n) is 2.65. The number of piperidine rings is 1. The van der Waals surface area contributed by atoms with Crippen LogP contribution >= 0.6 is 0 Å². The molecule has 1 unspecified atom stereocenters. The van der Waals surface area contributed by atoms with Crippen LogP contribution in [0.5, 0.6) is 0 Å². The maximum absolute atomic E-state index is 11.6. The fraction of sp³-hybridized carbons (Fsp3) is 0.929. The molecule has 1 aliphatic heterocycles. The molecule has 0 amide bonds. The Hall–Kier alpha value is -0.570. The molecule has 0 N–H and O–H groups in total. The molecule has 1 saturated heterocycles. The van der Waals surface area contributed by atoms with Crippen LogP contribution in [-0.4, -0.2) is 36.6 Å². The molecule has 0 radical (unpaired) electrons. The van der Waals surface area contributed by atoms with Gasteiger partial charge >= 0.3 is 5.97 Å². The second kappa shape index (κ2) is 7.00. The van der Waals surface area contributed by atoms with Crippen LogP contribution in [-0.2, 0) is 9.53 Å².